The van der Waals surface area contributed by atoms with E-state index in [1.54, 1.807) is 12.1 Å². The van der Waals surface area contributed by atoms with Crippen LogP contribution < -0.4 is 20.1 Å². The molecule has 7 heteroatoms. The van der Waals surface area contributed by atoms with Gasteiger partial charge in [0.1, 0.15) is 0 Å². The van der Waals surface area contributed by atoms with Gasteiger partial charge in [-0.15, -0.1) is 0 Å². The molecule has 1 aromatic rings. The molecule has 1 heterocycles. The molecule has 0 atom stereocenters. The molecule has 1 aliphatic rings. The second kappa shape index (κ2) is 8.62. The molecule has 0 saturated carbocycles. The van der Waals surface area contributed by atoms with Gasteiger partial charge < -0.3 is 20.1 Å². The molecule has 0 fully saturated rings. The highest BCUT2D eigenvalue weighted by Crippen LogP contribution is 2.38. The second-order valence-corrected chi connectivity index (χ2v) is 5.67. The molecule has 2 N–H and O–H groups in total. The van der Waals surface area contributed by atoms with Crippen molar-refractivity contribution >= 4 is 23.4 Å². The standard InChI is InChI=1S/C16H21ClN2O4/c1-2-4-18-15(21)10-19-14(20)9-11-7-12(17)16-13(8-11)22-5-3-6-23-16/h7-8H,2-6,9-10H2,1H3,(H,18,21)(H,19,20). The number of nitrogens with one attached hydrogen (secondary N) is 2. The Hall–Kier alpha value is -1.95. The van der Waals surface area contributed by atoms with Crippen molar-refractivity contribution in [1.29, 1.82) is 0 Å². The Morgan fingerprint density at radius 1 is 1.17 bits per heavy atom. The first kappa shape index (κ1) is 17.4. The maximum absolute atomic E-state index is 11.9. The van der Waals surface area contributed by atoms with Crippen molar-refractivity contribution in [2.75, 3.05) is 26.3 Å². The fourth-order valence-corrected chi connectivity index (χ4v) is 2.43. The fourth-order valence-electron chi connectivity index (χ4n) is 2.14. The van der Waals surface area contributed by atoms with E-state index in [4.69, 9.17) is 21.1 Å². The molecule has 0 bridgehead atoms. The van der Waals surface area contributed by atoms with Gasteiger partial charge in [0.25, 0.3) is 0 Å². The zero-order chi connectivity index (χ0) is 16.7. The molecule has 2 amide bonds. The summed E-state index contributed by atoms with van der Waals surface area (Å²) in [4.78, 5) is 23.4. The fraction of sp³-hybridized carbons (Fsp3) is 0.500. The van der Waals surface area contributed by atoms with Gasteiger partial charge in [-0.1, -0.05) is 18.5 Å². The Balaban J connectivity index is 1.92. The lowest BCUT2D eigenvalue weighted by molar-refractivity contribution is -0.125. The van der Waals surface area contributed by atoms with Crippen LogP contribution >= 0.6 is 11.6 Å². The lowest BCUT2D eigenvalue weighted by atomic mass is 10.1. The first-order valence-corrected chi connectivity index (χ1v) is 8.09. The van der Waals surface area contributed by atoms with Gasteiger partial charge in [0.05, 0.1) is 31.2 Å². The average Bonchev–Trinajstić information content (AvgIpc) is 2.76. The molecule has 0 radical (unpaired) electrons. The van der Waals surface area contributed by atoms with E-state index in [0.29, 0.717) is 41.8 Å². The van der Waals surface area contributed by atoms with Crippen molar-refractivity contribution in [2.45, 2.75) is 26.2 Å². The molecule has 23 heavy (non-hydrogen) atoms. The van der Waals surface area contributed by atoms with Gasteiger partial charge in [-0.25, -0.2) is 0 Å². The van der Waals surface area contributed by atoms with Crippen molar-refractivity contribution in [3.05, 3.63) is 22.7 Å². The van der Waals surface area contributed by atoms with Crippen LogP contribution in [0.5, 0.6) is 11.5 Å². The molecule has 0 saturated heterocycles. The van der Waals surface area contributed by atoms with E-state index in [2.05, 4.69) is 10.6 Å². The van der Waals surface area contributed by atoms with Gasteiger partial charge in [-0.05, 0) is 24.1 Å². The maximum atomic E-state index is 11.9. The normalized spacial score (nSPS) is 13.1. The number of benzene rings is 1. The molecule has 0 spiro atoms. The van der Waals surface area contributed by atoms with Gasteiger partial charge in [0.2, 0.25) is 11.8 Å². The Labute approximate surface area is 140 Å². The molecular formula is C16H21ClN2O4. The highest BCUT2D eigenvalue weighted by Gasteiger charge is 2.17. The molecule has 1 aliphatic heterocycles. The van der Waals surface area contributed by atoms with Crippen LogP contribution in [0.15, 0.2) is 12.1 Å². The van der Waals surface area contributed by atoms with Crippen LogP contribution in [0.2, 0.25) is 5.02 Å². The lowest BCUT2D eigenvalue weighted by Gasteiger charge is -2.11. The van der Waals surface area contributed by atoms with Crippen LogP contribution in [0.1, 0.15) is 25.3 Å². The van der Waals surface area contributed by atoms with Gasteiger partial charge in [0, 0.05) is 13.0 Å². The highest BCUT2D eigenvalue weighted by atomic mass is 35.5. The van der Waals surface area contributed by atoms with Crippen molar-refractivity contribution < 1.29 is 19.1 Å². The predicted octanol–water partition coefficient (Wildman–Crippen LogP) is 1.69. The van der Waals surface area contributed by atoms with Gasteiger partial charge >= 0.3 is 0 Å². The largest absolute Gasteiger partial charge is 0.489 e. The average molecular weight is 341 g/mol. The van der Waals surface area contributed by atoms with E-state index in [1.165, 1.54) is 0 Å². The third-order valence-corrected chi connectivity index (χ3v) is 3.53. The van der Waals surface area contributed by atoms with Crippen LogP contribution in [-0.4, -0.2) is 38.1 Å². The SMILES string of the molecule is CCCNC(=O)CNC(=O)Cc1cc(Cl)c2c(c1)OCCCO2. The van der Waals surface area contributed by atoms with Crippen molar-refractivity contribution in [1.82, 2.24) is 10.6 Å². The summed E-state index contributed by atoms with van der Waals surface area (Å²) in [6.07, 6.45) is 1.76. The van der Waals surface area contributed by atoms with Gasteiger partial charge in [-0.2, -0.15) is 0 Å². The summed E-state index contributed by atoms with van der Waals surface area (Å²) >= 11 is 6.19. The van der Waals surface area contributed by atoms with E-state index < -0.39 is 0 Å². The Bertz CT molecular complexity index is 577. The van der Waals surface area contributed by atoms with Crippen LogP contribution in [0.25, 0.3) is 0 Å². The minimum absolute atomic E-state index is 0.0306. The van der Waals surface area contributed by atoms with Crippen molar-refractivity contribution in [3.63, 3.8) is 0 Å². The van der Waals surface area contributed by atoms with E-state index in [1.807, 2.05) is 6.92 Å². The summed E-state index contributed by atoms with van der Waals surface area (Å²) in [7, 11) is 0. The third kappa shape index (κ3) is 5.32. The number of fused-ring (bicyclic) bond motifs is 1. The molecule has 2 rings (SSSR count). The lowest BCUT2D eigenvalue weighted by Crippen LogP contribution is -2.37. The predicted molar refractivity (Wildman–Crippen MR) is 87.1 cm³/mol. The van der Waals surface area contributed by atoms with Gasteiger partial charge in [-0.3, -0.25) is 9.59 Å². The summed E-state index contributed by atoms with van der Waals surface area (Å²) < 4.78 is 11.1. The zero-order valence-corrected chi connectivity index (χ0v) is 13.9. The topological polar surface area (TPSA) is 76.7 Å². The number of carbonyl (C=O) groups is 2. The number of carbonyl (C=O) groups excluding carboxylic acids is 2. The minimum atomic E-state index is -0.248. The monoisotopic (exact) mass is 340 g/mol. The maximum Gasteiger partial charge on any atom is 0.239 e. The number of amides is 2. The Kier molecular flexibility index (Phi) is 6.52. The zero-order valence-electron chi connectivity index (χ0n) is 13.1. The molecule has 126 valence electrons. The molecule has 1 aromatic carbocycles. The Morgan fingerprint density at radius 2 is 1.96 bits per heavy atom. The van der Waals surface area contributed by atoms with Crippen LogP contribution in [0, 0.1) is 0 Å². The second-order valence-electron chi connectivity index (χ2n) is 5.26. The summed E-state index contributed by atoms with van der Waals surface area (Å²) in [6, 6.07) is 3.44. The third-order valence-electron chi connectivity index (χ3n) is 3.24. The van der Waals surface area contributed by atoms with Crippen LogP contribution in [0.4, 0.5) is 0 Å². The number of hydrogen-bond acceptors (Lipinski definition) is 4. The number of rotatable bonds is 6. The van der Waals surface area contributed by atoms with E-state index in [9.17, 15) is 9.59 Å². The number of halogens is 1. The first-order chi connectivity index (χ1) is 11.1. The highest BCUT2D eigenvalue weighted by molar-refractivity contribution is 6.32. The first-order valence-electron chi connectivity index (χ1n) is 7.71. The minimum Gasteiger partial charge on any atom is -0.489 e. The summed E-state index contributed by atoms with van der Waals surface area (Å²) in [5, 5.41) is 5.71. The summed E-state index contributed by atoms with van der Waals surface area (Å²) in [6.45, 7) is 3.65. The number of ether oxygens (including phenoxy) is 2. The summed E-state index contributed by atoms with van der Waals surface area (Å²) in [5.41, 5.74) is 0.714. The van der Waals surface area contributed by atoms with E-state index >= 15 is 0 Å². The molecule has 0 aromatic heterocycles. The molecular weight excluding hydrogens is 320 g/mol. The van der Waals surface area contributed by atoms with Gasteiger partial charge in [0.15, 0.2) is 11.5 Å². The van der Waals surface area contributed by atoms with E-state index in [-0.39, 0.29) is 24.8 Å². The van der Waals surface area contributed by atoms with Crippen LogP contribution in [0.3, 0.4) is 0 Å². The molecule has 0 unspecified atom stereocenters. The van der Waals surface area contributed by atoms with Crippen molar-refractivity contribution in [2.24, 2.45) is 0 Å². The van der Waals surface area contributed by atoms with Crippen LogP contribution in [-0.2, 0) is 16.0 Å². The molecule has 0 aliphatic carbocycles. The Morgan fingerprint density at radius 3 is 2.74 bits per heavy atom. The quantitative estimate of drug-likeness (QED) is 0.826. The van der Waals surface area contributed by atoms with Crippen molar-refractivity contribution in [3.8, 4) is 11.5 Å². The molecule has 6 nitrogen and oxygen atoms in total. The smallest absolute Gasteiger partial charge is 0.239 e. The summed E-state index contributed by atoms with van der Waals surface area (Å²) in [5.74, 6) is 0.629. The number of hydrogen-bond donors (Lipinski definition) is 2. The van der Waals surface area contributed by atoms with E-state index in [0.717, 1.165) is 12.8 Å².